The van der Waals surface area contributed by atoms with Gasteiger partial charge in [-0.1, -0.05) is 55.4 Å². The van der Waals surface area contributed by atoms with Gasteiger partial charge in [-0.25, -0.2) is 0 Å². The molecule has 0 aromatic heterocycles. The van der Waals surface area contributed by atoms with Crippen LogP contribution in [0.15, 0.2) is 51.4 Å². The predicted molar refractivity (Wildman–Crippen MR) is 127 cm³/mol. The molecule has 30 heavy (non-hydrogen) atoms. The Bertz CT molecular complexity index is 979. The van der Waals surface area contributed by atoms with Crippen LogP contribution in [0.5, 0.6) is 0 Å². The van der Waals surface area contributed by atoms with E-state index in [9.17, 15) is 9.59 Å². The van der Waals surface area contributed by atoms with E-state index in [2.05, 4.69) is 53.9 Å². The van der Waals surface area contributed by atoms with Gasteiger partial charge < -0.3 is 9.74 Å². The second-order valence-corrected chi connectivity index (χ2v) is 10.2. The SMILES string of the molecule is CN(C)c1ccc(/C=C2\CC(C)(C)CC(/C=C3/SC(=S)N(OC=O)C3=O)=C2Cl)cc1. The van der Waals surface area contributed by atoms with Crippen molar-refractivity contribution in [2.75, 3.05) is 19.0 Å². The van der Waals surface area contributed by atoms with Crippen molar-refractivity contribution in [3.05, 3.63) is 57.0 Å². The molecular formula is C22H23ClN2O3S2. The summed E-state index contributed by atoms with van der Waals surface area (Å²) in [5.74, 6) is -0.456. The molecule has 158 valence electrons. The normalized spacial score (nSPS) is 21.6. The average Bonchev–Trinajstić information content (AvgIpc) is 2.93. The molecular weight excluding hydrogens is 440 g/mol. The van der Waals surface area contributed by atoms with Gasteiger partial charge >= 0.3 is 6.47 Å². The van der Waals surface area contributed by atoms with Crippen molar-refractivity contribution in [1.82, 2.24) is 5.06 Å². The number of halogens is 1. The number of benzene rings is 1. The van der Waals surface area contributed by atoms with E-state index in [-0.39, 0.29) is 16.2 Å². The van der Waals surface area contributed by atoms with Crippen molar-refractivity contribution in [3.63, 3.8) is 0 Å². The number of anilines is 1. The summed E-state index contributed by atoms with van der Waals surface area (Å²) in [7, 11) is 4.01. The molecule has 0 unspecified atom stereocenters. The number of allylic oxidation sites excluding steroid dienone is 4. The third kappa shape index (κ3) is 4.96. The maximum Gasteiger partial charge on any atom is 0.321 e. The van der Waals surface area contributed by atoms with Crippen LogP contribution in [-0.2, 0) is 14.4 Å². The number of hydrogen-bond donors (Lipinski definition) is 0. The molecule has 1 aromatic rings. The van der Waals surface area contributed by atoms with E-state index in [0.717, 1.165) is 52.1 Å². The Morgan fingerprint density at radius 2 is 1.87 bits per heavy atom. The molecule has 2 aliphatic rings. The number of nitrogens with zero attached hydrogens (tertiary/aromatic N) is 2. The van der Waals surface area contributed by atoms with Crippen LogP contribution >= 0.6 is 35.6 Å². The molecule has 1 heterocycles. The van der Waals surface area contributed by atoms with Crippen molar-refractivity contribution >= 4 is 64.0 Å². The van der Waals surface area contributed by atoms with Gasteiger partial charge in [-0.15, -0.1) is 5.06 Å². The summed E-state index contributed by atoms with van der Waals surface area (Å²) in [6.45, 7) is 4.54. The molecule has 0 saturated carbocycles. The average molecular weight is 463 g/mol. The Morgan fingerprint density at radius 3 is 2.47 bits per heavy atom. The first-order valence-corrected chi connectivity index (χ1v) is 11.0. The highest BCUT2D eigenvalue weighted by atomic mass is 35.5. The van der Waals surface area contributed by atoms with Gasteiger partial charge in [0.05, 0.1) is 4.91 Å². The fourth-order valence-corrected chi connectivity index (χ4v) is 4.91. The largest absolute Gasteiger partial charge is 0.378 e. The molecule has 0 bridgehead atoms. The summed E-state index contributed by atoms with van der Waals surface area (Å²) >= 11 is 13.0. The topological polar surface area (TPSA) is 49.9 Å². The van der Waals surface area contributed by atoms with Crippen LogP contribution in [0, 0.1) is 5.41 Å². The molecule has 0 radical (unpaired) electrons. The first-order valence-electron chi connectivity index (χ1n) is 9.36. The lowest BCUT2D eigenvalue weighted by Crippen LogP contribution is -2.27. The summed E-state index contributed by atoms with van der Waals surface area (Å²) in [4.78, 5) is 30.2. The number of thioether (sulfide) groups is 1. The van der Waals surface area contributed by atoms with E-state index in [1.165, 1.54) is 0 Å². The minimum absolute atomic E-state index is 0.0218. The predicted octanol–water partition coefficient (Wildman–Crippen LogP) is 5.28. The van der Waals surface area contributed by atoms with E-state index in [1.807, 2.05) is 14.1 Å². The lowest BCUT2D eigenvalue weighted by atomic mass is 9.74. The van der Waals surface area contributed by atoms with Crippen molar-refractivity contribution in [3.8, 4) is 0 Å². The quantitative estimate of drug-likeness (QED) is 0.337. The number of hydrogen-bond acceptors (Lipinski definition) is 6. The highest BCUT2D eigenvalue weighted by Crippen LogP contribution is 2.45. The summed E-state index contributed by atoms with van der Waals surface area (Å²) in [5, 5.41) is 1.47. The Morgan fingerprint density at radius 1 is 1.20 bits per heavy atom. The summed E-state index contributed by atoms with van der Waals surface area (Å²) in [6.07, 6.45) is 5.41. The Balaban J connectivity index is 1.96. The van der Waals surface area contributed by atoms with Gasteiger partial charge in [-0.2, -0.15) is 0 Å². The van der Waals surface area contributed by atoms with Crippen LogP contribution < -0.4 is 4.90 Å². The van der Waals surface area contributed by atoms with Gasteiger partial charge in [-0.3, -0.25) is 9.59 Å². The molecule has 0 atom stereocenters. The van der Waals surface area contributed by atoms with E-state index in [4.69, 9.17) is 23.8 Å². The maximum absolute atomic E-state index is 12.5. The number of rotatable bonds is 5. The monoisotopic (exact) mass is 462 g/mol. The van der Waals surface area contributed by atoms with E-state index < -0.39 is 5.91 Å². The zero-order chi connectivity index (χ0) is 22.1. The first-order chi connectivity index (χ1) is 14.1. The Labute approximate surface area is 191 Å². The fourth-order valence-electron chi connectivity index (χ4n) is 3.50. The van der Waals surface area contributed by atoms with E-state index >= 15 is 0 Å². The van der Waals surface area contributed by atoms with Crippen LogP contribution in [-0.4, -0.2) is 35.9 Å². The smallest absolute Gasteiger partial charge is 0.321 e. The van der Waals surface area contributed by atoms with Gasteiger partial charge in [0.2, 0.25) is 0 Å². The van der Waals surface area contributed by atoms with Crippen molar-refractivity contribution in [1.29, 1.82) is 0 Å². The van der Waals surface area contributed by atoms with Gasteiger partial charge in [0.15, 0.2) is 4.32 Å². The van der Waals surface area contributed by atoms with Gasteiger partial charge in [0.25, 0.3) is 5.91 Å². The summed E-state index contributed by atoms with van der Waals surface area (Å²) in [5.41, 5.74) is 4.07. The molecule has 1 fully saturated rings. The van der Waals surface area contributed by atoms with Gasteiger partial charge in [-0.05, 0) is 65.4 Å². The number of carbonyl (C=O) groups excluding carboxylic acids is 2. The standard InChI is InChI=1S/C22H23ClN2O3S2/c1-22(2)11-15(9-14-5-7-17(8-6-14)24(3)4)19(23)16(12-22)10-18-20(27)25(28-13-26)21(29)30-18/h5-10,13H,11-12H2,1-4H3/b15-9+,18-10+. The maximum atomic E-state index is 12.5. The molecule has 1 saturated heterocycles. The zero-order valence-electron chi connectivity index (χ0n) is 17.3. The summed E-state index contributed by atoms with van der Waals surface area (Å²) < 4.78 is 0.182. The highest BCUT2D eigenvalue weighted by molar-refractivity contribution is 8.26. The molecule has 0 spiro atoms. The molecule has 5 nitrogen and oxygen atoms in total. The molecule has 1 amide bonds. The van der Waals surface area contributed by atoms with Gasteiger partial charge in [0, 0.05) is 24.8 Å². The van der Waals surface area contributed by atoms with Crippen LogP contribution in [0.2, 0.25) is 0 Å². The third-order valence-electron chi connectivity index (χ3n) is 4.86. The van der Waals surface area contributed by atoms with Crippen molar-refractivity contribution in [2.24, 2.45) is 5.41 Å². The van der Waals surface area contributed by atoms with Crippen LogP contribution in [0.3, 0.4) is 0 Å². The van der Waals surface area contributed by atoms with Crippen LogP contribution in [0.4, 0.5) is 5.69 Å². The minimum atomic E-state index is -0.456. The third-order valence-corrected chi connectivity index (χ3v) is 6.62. The molecule has 0 N–H and O–H groups in total. The number of amides is 1. The fraction of sp³-hybridized carbons (Fsp3) is 0.318. The highest BCUT2D eigenvalue weighted by Gasteiger charge is 2.36. The number of carbonyl (C=O) groups is 2. The lowest BCUT2D eigenvalue weighted by Gasteiger charge is -2.32. The first kappa shape index (κ1) is 22.6. The number of hydroxylamine groups is 2. The molecule has 1 aliphatic carbocycles. The molecule has 3 rings (SSSR count). The van der Waals surface area contributed by atoms with Crippen molar-refractivity contribution in [2.45, 2.75) is 26.7 Å². The lowest BCUT2D eigenvalue weighted by molar-refractivity contribution is -0.166. The van der Waals surface area contributed by atoms with Crippen LogP contribution in [0.1, 0.15) is 32.3 Å². The Kier molecular flexibility index (Phi) is 6.75. The molecule has 1 aliphatic heterocycles. The minimum Gasteiger partial charge on any atom is -0.378 e. The second kappa shape index (κ2) is 8.96. The number of thiocarbonyl (C=S) groups is 1. The molecule has 8 heteroatoms. The Hall–Kier alpha value is -2.09. The van der Waals surface area contributed by atoms with Gasteiger partial charge in [0.1, 0.15) is 0 Å². The van der Waals surface area contributed by atoms with Crippen molar-refractivity contribution < 1.29 is 14.4 Å². The zero-order valence-corrected chi connectivity index (χ0v) is 19.7. The van der Waals surface area contributed by atoms with E-state index in [0.29, 0.717) is 9.94 Å². The van der Waals surface area contributed by atoms with Crippen LogP contribution in [0.25, 0.3) is 6.08 Å². The second-order valence-electron chi connectivity index (χ2n) is 8.19. The molecule has 1 aromatic carbocycles. The summed E-state index contributed by atoms with van der Waals surface area (Å²) in [6, 6.07) is 8.26. The van der Waals surface area contributed by atoms with E-state index in [1.54, 1.807) is 6.08 Å².